The van der Waals surface area contributed by atoms with E-state index in [1.165, 1.54) is 18.6 Å². The fourth-order valence-electron chi connectivity index (χ4n) is 1.48. The fourth-order valence-corrected chi connectivity index (χ4v) is 1.61. The monoisotopic (exact) mass is 272 g/mol. The van der Waals surface area contributed by atoms with Crippen molar-refractivity contribution in [1.82, 2.24) is 15.3 Å². The predicted molar refractivity (Wildman–Crippen MR) is 75.5 cm³/mol. The van der Waals surface area contributed by atoms with Gasteiger partial charge in [0.2, 0.25) is 0 Å². The number of nitrogens with zero attached hydrogens (tertiary/aromatic N) is 2. The molecule has 1 amide bonds. The van der Waals surface area contributed by atoms with Crippen LogP contribution in [-0.4, -0.2) is 20.9 Å². The van der Waals surface area contributed by atoms with E-state index in [-0.39, 0.29) is 5.91 Å². The SMILES string of the molecule is NC(=S)c1ccc(CNC(=O)c2cnccn2)cc1. The Bertz CT molecular complexity index is 583. The lowest BCUT2D eigenvalue weighted by Gasteiger charge is -2.05. The van der Waals surface area contributed by atoms with Gasteiger partial charge in [0.25, 0.3) is 5.91 Å². The molecule has 0 radical (unpaired) electrons. The highest BCUT2D eigenvalue weighted by Gasteiger charge is 2.06. The Morgan fingerprint density at radius 1 is 1.26 bits per heavy atom. The van der Waals surface area contributed by atoms with Gasteiger partial charge in [-0.3, -0.25) is 9.78 Å². The third kappa shape index (κ3) is 3.56. The first-order chi connectivity index (χ1) is 9.16. The molecule has 5 nitrogen and oxygen atoms in total. The molecule has 0 aliphatic rings. The maximum atomic E-state index is 11.7. The van der Waals surface area contributed by atoms with Crippen LogP contribution in [0, 0.1) is 0 Å². The Labute approximate surface area is 115 Å². The Hall–Kier alpha value is -2.34. The number of aromatic nitrogens is 2. The highest BCUT2D eigenvalue weighted by Crippen LogP contribution is 2.04. The second kappa shape index (κ2) is 6.01. The number of carbonyl (C=O) groups is 1. The van der Waals surface area contributed by atoms with Gasteiger partial charge in [0, 0.05) is 24.5 Å². The molecule has 0 unspecified atom stereocenters. The summed E-state index contributed by atoms with van der Waals surface area (Å²) in [7, 11) is 0. The molecule has 0 aliphatic carbocycles. The molecule has 0 saturated heterocycles. The second-order valence-electron chi connectivity index (χ2n) is 3.83. The standard InChI is InChI=1S/C13H12N4OS/c14-12(19)10-3-1-9(2-4-10)7-17-13(18)11-8-15-5-6-16-11/h1-6,8H,7H2,(H2,14,19)(H,17,18). The van der Waals surface area contributed by atoms with Crippen LogP contribution < -0.4 is 11.1 Å². The van der Waals surface area contributed by atoms with Crippen molar-refractivity contribution >= 4 is 23.1 Å². The number of benzene rings is 1. The Morgan fingerprint density at radius 2 is 2.00 bits per heavy atom. The van der Waals surface area contributed by atoms with Crippen LogP contribution in [0.1, 0.15) is 21.6 Å². The summed E-state index contributed by atoms with van der Waals surface area (Å²) in [6, 6.07) is 7.38. The van der Waals surface area contributed by atoms with Crippen molar-refractivity contribution < 1.29 is 4.79 Å². The zero-order chi connectivity index (χ0) is 13.7. The Balaban J connectivity index is 1.95. The first kappa shape index (κ1) is 13.1. The molecule has 2 aromatic rings. The number of rotatable bonds is 4. The summed E-state index contributed by atoms with van der Waals surface area (Å²) in [5, 5.41) is 2.76. The van der Waals surface area contributed by atoms with E-state index in [0.29, 0.717) is 17.2 Å². The molecule has 0 atom stereocenters. The first-order valence-corrected chi connectivity index (χ1v) is 6.00. The summed E-state index contributed by atoms with van der Waals surface area (Å²) in [5.74, 6) is -0.258. The molecule has 0 fully saturated rings. The van der Waals surface area contributed by atoms with Gasteiger partial charge < -0.3 is 11.1 Å². The molecule has 0 saturated carbocycles. The van der Waals surface area contributed by atoms with E-state index in [1.54, 1.807) is 0 Å². The predicted octanol–water partition coefficient (Wildman–Crippen LogP) is 1.04. The molecule has 1 aromatic carbocycles. The van der Waals surface area contributed by atoms with Gasteiger partial charge in [-0.25, -0.2) is 4.98 Å². The highest BCUT2D eigenvalue weighted by atomic mass is 32.1. The van der Waals surface area contributed by atoms with Crippen molar-refractivity contribution in [3.8, 4) is 0 Å². The van der Waals surface area contributed by atoms with Gasteiger partial charge in [-0.1, -0.05) is 36.5 Å². The number of hydrogen-bond donors (Lipinski definition) is 2. The average molecular weight is 272 g/mol. The zero-order valence-corrected chi connectivity index (χ0v) is 10.9. The molecule has 19 heavy (non-hydrogen) atoms. The van der Waals surface area contributed by atoms with Crippen LogP contribution >= 0.6 is 12.2 Å². The maximum absolute atomic E-state index is 11.7. The minimum absolute atomic E-state index is 0.258. The molecule has 0 aliphatic heterocycles. The summed E-state index contributed by atoms with van der Waals surface area (Å²) in [5.41, 5.74) is 7.56. The lowest BCUT2D eigenvalue weighted by molar-refractivity contribution is 0.0945. The summed E-state index contributed by atoms with van der Waals surface area (Å²) in [6.07, 6.45) is 4.42. The van der Waals surface area contributed by atoms with Gasteiger partial charge in [-0.2, -0.15) is 0 Å². The number of amides is 1. The topological polar surface area (TPSA) is 80.9 Å². The van der Waals surface area contributed by atoms with Gasteiger partial charge in [0.1, 0.15) is 10.7 Å². The van der Waals surface area contributed by atoms with Crippen molar-refractivity contribution in [3.63, 3.8) is 0 Å². The van der Waals surface area contributed by atoms with E-state index in [2.05, 4.69) is 15.3 Å². The fraction of sp³-hybridized carbons (Fsp3) is 0.0769. The van der Waals surface area contributed by atoms with E-state index in [4.69, 9.17) is 18.0 Å². The van der Waals surface area contributed by atoms with E-state index in [9.17, 15) is 4.79 Å². The van der Waals surface area contributed by atoms with Crippen LogP contribution in [-0.2, 0) is 6.54 Å². The van der Waals surface area contributed by atoms with Crippen molar-refractivity contribution in [2.45, 2.75) is 6.54 Å². The van der Waals surface area contributed by atoms with Crippen LogP contribution in [0.15, 0.2) is 42.9 Å². The lowest BCUT2D eigenvalue weighted by Crippen LogP contribution is -2.23. The van der Waals surface area contributed by atoms with E-state index >= 15 is 0 Å². The van der Waals surface area contributed by atoms with E-state index in [0.717, 1.165) is 11.1 Å². The maximum Gasteiger partial charge on any atom is 0.271 e. The first-order valence-electron chi connectivity index (χ1n) is 5.60. The zero-order valence-electron chi connectivity index (χ0n) is 10.0. The highest BCUT2D eigenvalue weighted by molar-refractivity contribution is 7.80. The molecule has 0 bridgehead atoms. The summed E-state index contributed by atoms with van der Waals surface area (Å²) in [6.45, 7) is 0.410. The van der Waals surface area contributed by atoms with Gasteiger partial charge in [-0.05, 0) is 5.56 Å². The molecule has 96 valence electrons. The number of nitrogens with one attached hydrogen (secondary N) is 1. The van der Waals surface area contributed by atoms with Crippen LogP contribution in [0.4, 0.5) is 0 Å². The second-order valence-corrected chi connectivity index (χ2v) is 4.27. The summed E-state index contributed by atoms with van der Waals surface area (Å²) in [4.78, 5) is 19.9. The third-order valence-corrected chi connectivity index (χ3v) is 2.72. The van der Waals surface area contributed by atoms with E-state index in [1.807, 2.05) is 24.3 Å². The Kier molecular flexibility index (Phi) is 4.15. The number of thiocarbonyl (C=S) groups is 1. The minimum Gasteiger partial charge on any atom is -0.389 e. The van der Waals surface area contributed by atoms with Crippen molar-refractivity contribution in [2.75, 3.05) is 0 Å². The van der Waals surface area contributed by atoms with Gasteiger partial charge >= 0.3 is 0 Å². The number of hydrogen-bond acceptors (Lipinski definition) is 4. The normalized spacial score (nSPS) is 9.89. The summed E-state index contributed by atoms with van der Waals surface area (Å²) >= 11 is 4.87. The minimum atomic E-state index is -0.258. The number of nitrogens with two attached hydrogens (primary N) is 1. The third-order valence-electron chi connectivity index (χ3n) is 2.49. The van der Waals surface area contributed by atoms with Crippen LogP contribution in [0.5, 0.6) is 0 Å². The largest absolute Gasteiger partial charge is 0.389 e. The van der Waals surface area contributed by atoms with Crippen molar-refractivity contribution in [2.24, 2.45) is 5.73 Å². The average Bonchev–Trinajstić information content (AvgIpc) is 2.46. The van der Waals surface area contributed by atoms with Crippen LogP contribution in [0.2, 0.25) is 0 Å². The smallest absolute Gasteiger partial charge is 0.271 e. The molecule has 1 aromatic heterocycles. The van der Waals surface area contributed by atoms with Crippen LogP contribution in [0.3, 0.4) is 0 Å². The lowest BCUT2D eigenvalue weighted by atomic mass is 10.1. The molecule has 2 rings (SSSR count). The molecule has 6 heteroatoms. The summed E-state index contributed by atoms with van der Waals surface area (Å²) < 4.78 is 0. The van der Waals surface area contributed by atoms with E-state index < -0.39 is 0 Å². The van der Waals surface area contributed by atoms with Crippen molar-refractivity contribution in [3.05, 3.63) is 59.7 Å². The Morgan fingerprint density at radius 3 is 2.58 bits per heavy atom. The molecule has 3 N–H and O–H groups in total. The van der Waals surface area contributed by atoms with Crippen LogP contribution in [0.25, 0.3) is 0 Å². The van der Waals surface area contributed by atoms with Gasteiger partial charge in [0.05, 0.1) is 6.20 Å². The van der Waals surface area contributed by atoms with Crippen molar-refractivity contribution in [1.29, 1.82) is 0 Å². The molecule has 0 spiro atoms. The number of carbonyl (C=O) groups excluding carboxylic acids is 1. The molecular formula is C13H12N4OS. The quantitative estimate of drug-likeness (QED) is 0.813. The van der Waals surface area contributed by atoms with Gasteiger partial charge in [0.15, 0.2) is 0 Å². The van der Waals surface area contributed by atoms with Gasteiger partial charge in [-0.15, -0.1) is 0 Å². The molecule has 1 heterocycles. The molecular weight excluding hydrogens is 260 g/mol.